The molecule has 0 amide bonds. The summed E-state index contributed by atoms with van der Waals surface area (Å²) in [5, 5.41) is 10.8. The van der Waals surface area contributed by atoms with E-state index in [0.717, 1.165) is 5.69 Å². The first-order chi connectivity index (χ1) is 4.84. The van der Waals surface area contributed by atoms with Gasteiger partial charge in [-0.05, 0) is 13.0 Å². The number of rotatable bonds is 2. The van der Waals surface area contributed by atoms with Crippen LogP contribution in [0.3, 0.4) is 0 Å². The zero-order valence-electron chi connectivity index (χ0n) is 5.73. The van der Waals surface area contributed by atoms with Gasteiger partial charge in [0.1, 0.15) is 6.34 Å². The van der Waals surface area contributed by atoms with Crippen LogP contribution in [-0.2, 0) is 0 Å². The van der Waals surface area contributed by atoms with E-state index in [-0.39, 0.29) is 0 Å². The standard InChI is InChI=1S/C6H8N4/c1-6-3-4-9-10(6)5-8-7-2/h3-5H,2H2,1H3/b8-5-. The molecule has 10 heavy (non-hydrogen) atoms. The normalized spacial score (nSPS) is 10.5. The van der Waals surface area contributed by atoms with Crippen molar-refractivity contribution in [1.29, 1.82) is 0 Å². The maximum absolute atomic E-state index is 3.93. The minimum absolute atomic E-state index is 1.02. The van der Waals surface area contributed by atoms with Gasteiger partial charge in [0.25, 0.3) is 0 Å². The molecule has 0 bridgehead atoms. The molecule has 52 valence electrons. The molecule has 1 aromatic heterocycles. The third-order valence-electron chi connectivity index (χ3n) is 1.11. The third kappa shape index (κ3) is 1.28. The monoisotopic (exact) mass is 136 g/mol. The van der Waals surface area contributed by atoms with Gasteiger partial charge in [-0.3, -0.25) is 0 Å². The smallest absolute Gasteiger partial charge is 0.139 e. The Morgan fingerprint density at radius 1 is 1.80 bits per heavy atom. The summed E-state index contributed by atoms with van der Waals surface area (Å²) >= 11 is 0. The summed E-state index contributed by atoms with van der Waals surface area (Å²) in [7, 11) is 0. The fourth-order valence-corrected chi connectivity index (χ4v) is 0.587. The first kappa shape index (κ1) is 6.67. The second kappa shape index (κ2) is 2.91. The van der Waals surface area contributed by atoms with Crippen molar-refractivity contribution in [3.8, 4) is 0 Å². The van der Waals surface area contributed by atoms with E-state index >= 15 is 0 Å². The lowest BCUT2D eigenvalue weighted by Gasteiger charge is -1.89. The average Bonchev–Trinajstić information content (AvgIpc) is 2.31. The predicted molar refractivity (Wildman–Crippen MR) is 40.4 cm³/mol. The Morgan fingerprint density at radius 2 is 2.60 bits per heavy atom. The second-order valence-electron chi connectivity index (χ2n) is 1.79. The molecule has 0 spiro atoms. The highest BCUT2D eigenvalue weighted by molar-refractivity contribution is 5.57. The van der Waals surface area contributed by atoms with Gasteiger partial charge in [0.15, 0.2) is 0 Å². The van der Waals surface area contributed by atoms with Gasteiger partial charge in [0, 0.05) is 18.6 Å². The Balaban J connectivity index is 2.83. The number of nitrogens with zero attached hydrogens (tertiary/aromatic N) is 4. The van der Waals surface area contributed by atoms with E-state index in [2.05, 4.69) is 22.0 Å². The Bertz CT molecular complexity index is 248. The van der Waals surface area contributed by atoms with Gasteiger partial charge in [-0.25, -0.2) is 4.68 Å². The molecule has 0 atom stereocenters. The van der Waals surface area contributed by atoms with Crippen molar-refractivity contribution in [1.82, 2.24) is 9.78 Å². The van der Waals surface area contributed by atoms with Crippen LogP contribution in [0.4, 0.5) is 0 Å². The van der Waals surface area contributed by atoms with Gasteiger partial charge in [0.2, 0.25) is 0 Å². The van der Waals surface area contributed by atoms with Crippen LogP contribution in [0.25, 0.3) is 0 Å². The number of aromatic nitrogens is 2. The zero-order chi connectivity index (χ0) is 7.40. The van der Waals surface area contributed by atoms with Gasteiger partial charge in [-0.15, -0.1) is 5.10 Å². The lowest BCUT2D eigenvalue weighted by atomic mass is 10.5. The number of hydrogen-bond donors (Lipinski definition) is 0. The van der Waals surface area contributed by atoms with E-state index in [9.17, 15) is 0 Å². The summed E-state index contributed by atoms with van der Waals surface area (Å²) in [4.78, 5) is 0. The molecule has 0 N–H and O–H groups in total. The first-order valence-corrected chi connectivity index (χ1v) is 2.84. The van der Waals surface area contributed by atoms with Crippen molar-refractivity contribution in [2.24, 2.45) is 10.2 Å². The van der Waals surface area contributed by atoms with Crippen molar-refractivity contribution in [2.75, 3.05) is 0 Å². The molecule has 0 aromatic carbocycles. The Hall–Kier alpha value is -1.45. The van der Waals surface area contributed by atoms with Crippen molar-refractivity contribution >= 4 is 13.1 Å². The van der Waals surface area contributed by atoms with Gasteiger partial charge in [0.05, 0.1) is 0 Å². The minimum Gasteiger partial charge on any atom is -0.225 e. The third-order valence-corrected chi connectivity index (χ3v) is 1.11. The topological polar surface area (TPSA) is 42.5 Å². The fourth-order valence-electron chi connectivity index (χ4n) is 0.587. The quantitative estimate of drug-likeness (QED) is 0.335. The SMILES string of the molecule is C=N/N=C\n1nccc1C. The maximum Gasteiger partial charge on any atom is 0.139 e. The molecule has 0 aliphatic heterocycles. The van der Waals surface area contributed by atoms with Crippen LogP contribution in [0.5, 0.6) is 0 Å². The summed E-state index contributed by atoms with van der Waals surface area (Å²) in [5.74, 6) is 0. The van der Waals surface area contributed by atoms with Crippen LogP contribution in [0.15, 0.2) is 22.5 Å². The summed E-state index contributed by atoms with van der Waals surface area (Å²) in [6.07, 6.45) is 3.20. The average molecular weight is 136 g/mol. The largest absolute Gasteiger partial charge is 0.225 e. The molecule has 0 saturated heterocycles. The molecule has 0 fully saturated rings. The van der Waals surface area contributed by atoms with Crippen LogP contribution in [0, 0.1) is 6.92 Å². The number of aryl methyl sites for hydroxylation is 1. The van der Waals surface area contributed by atoms with Crippen molar-refractivity contribution in [3.05, 3.63) is 18.0 Å². The summed E-state index contributed by atoms with van der Waals surface area (Å²) in [6.45, 7) is 5.13. The zero-order valence-corrected chi connectivity index (χ0v) is 5.73. The lowest BCUT2D eigenvalue weighted by molar-refractivity contribution is 0.911. The fraction of sp³-hybridized carbons (Fsp3) is 0.167. The van der Waals surface area contributed by atoms with E-state index < -0.39 is 0 Å². The van der Waals surface area contributed by atoms with E-state index in [1.165, 1.54) is 6.34 Å². The molecule has 1 rings (SSSR count). The van der Waals surface area contributed by atoms with E-state index in [1.54, 1.807) is 10.9 Å². The Kier molecular flexibility index (Phi) is 1.94. The van der Waals surface area contributed by atoms with Crippen LogP contribution >= 0.6 is 0 Å². The molecule has 4 heteroatoms. The van der Waals surface area contributed by atoms with Crippen LogP contribution in [0.1, 0.15) is 5.69 Å². The Morgan fingerprint density at radius 3 is 3.10 bits per heavy atom. The van der Waals surface area contributed by atoms with E-state index in [1.807, 2.05) is 13.0 Å². The number of hydrogen-bond acceptors (Lipinski definition) is 3. The van der Waals surface area contributed by atoms with Crippen molar-refractivity contribution in [3.63, 3.8) is 0 Å². The molecular weight excluding hydrogens is 128 g/mol. The summed E-state index contributed by atoms with van der Waals surface area (Å²) in [5.41, 5.74) is 1.02. The molecular formula is C6H8N4. The van der Waals surface area contributed by atoms with Gasteiger partial charge < -0.3 is 0 Å². The van der Waals surface area contributed by atoms with Gasteiger partial charge >= 0.3 is 0 Å². The van der Waals surface area contributed by atoms with E-state index in [4.69, 9.17) is 0 Å². The predicted octanol–water partition coefficient (Wildman–Crippen LogP) is 0.684. The summed E-state index contributed by atoms with van der Waals surface area (Å²) < 4.78 is 1.62. The molecule has 0 saturated carbocycles. The Labute approximate surface area is 58.9 Å². The highest BCUT2D eigenvalue weighted by Crippen LogP contribution is 1.90. The van der Waals surface area contributed by atoms with Crippen molar-refractivity contribution < 1.29 is 0 Å². The molecule has 1 heterocycles. The highest BCUT2D eigenvalue weighted by atomic mass is 15.3. The summed E-state index contributed by atoms with van der Waals surface area (Å²) in [6, 6.07) is 1.88. The first-order valence-electron chi connectivity index (χ1n) is 2.84. The van der Waals surface area contributed by atoms with Crippen LogP contribution in [-0.4, -0.2) is 22.8 Å². The van der Waals surface area contributed by atoms with Crippen molar-refractivity contribution in [2.45, 2.75) is 6.92 Å². The molecule has 4 nitrogen and oxygen atoms in total. The molecule has 0 radical (unpaired) electrons. The van der Waals surface area contributed by atoms with Crippen LogP contribution < -0.4 is 0 Å². The van der Waals surface area contributed by atoms with E-state index in [0.29, 0.717) is 0 Å². The minimum atomic E-state index is 1.02. The maximum atomic E-state index is 3.93. The molecule has 0 aliphatic carbocycles. The van der Waals surface area contributed by atoms with Crippen LogP contribution in [0.2, 0.25) is 0 Å². The lowest BCUT2D eigenvalue weighted by Crippen LogP contribution is -1.98. The second-order valence-corrected chi connectivity index (χ2v) is 1.79. The van der Waals surface area contributed by atoms with Gasteiger partial charge in [-0.1, -0.05) is 0 Å². The molecule has 0 aliphatic rings. The molecule has 0 unspecified atom stereocenters. The van der Waals surface area contributed by atoms with Gasteiger partial charge in [-0.2, -0.15) is 10.2 Å². The molecule has 1 aromatic rings. The highest BCUT2D eigenvalue weighted by Gasteiger charge is 1.89.